The maximum Gasteiger partial charge on any atom is 0.338 e. The highest BCUT2D eigenvalue weighted by molar-refractivity contribution is 5.89. The lowest BCUT2D eigenvalue weighted by Crippen LogP contribution is -2.49. The summed E-state index contributed by atoms with van der Waals surface area (Å²) in [5.74, 6) is -0.475. The van der Waals surface area contributed by atoms with Gasteiger partial charge in [0.25, 0.3) is 0 Å². The number of hydrogen-bond acceptors (Lipinski definition) is 4. The van der Waals surface area contributed by atoms with E-state index >= 15 is 0 Å². The van der Waals surface area contributed by atoms with E-state index < -0.39 is 23.7 Å². The predicted octanol–water partition coefficient (Wildman–Crippen LogP) is 16.4. The highest BCUT2D eigenvalue weighted by atomic mass is 16.5. The van der Waals surface area contributed by atoms with Crippen LogP contribution in [0.25, 0.3) is 0 Å². The van der Waals surface area contributed by atoms with Crippen LogP contribution in [-0.4, -0.2) is 30.6 Å². The summed E-state index contributed by atoms with van der Waals surface area (Å²) < 4.78 is 13.7. The van der Waals surface area contributed by atoms with E-state index in [1.54, 1.807) is 12.1 Å². The number of benzene rings is 4. The van der Waals surface area contributed by atoms with Crippen molar-refractivity contribution in [2.75, 3.05) is 6.61 Å². The Morgan fingerprint density at radius 1 is 0.492 bits per heavy atom. The fourth-order valence-corrected chi connectivity index (χ4v) is 8.96. The maximum atomic E-state index is 14.0. The molecule has 0 aliphatic carbocycles. The molecule has 1 N–H and O–H groups in total. The van der Waals surface area contributed by atoms with Crippen molar-refractivity contribution in [2.45, 2.75) is 199 Å². The molecule has 1 amide bonds. The zero-order valence-electron chi connectivity index (χ0n) is 40.6. The average molecular weight is 884 g/mol. The Hall–Kier alpha value is -4.48. The van der Waals surface area contributed by atoms with Gasteiger partial charge in [-0.15, -0.1) is 0 Å². The fourth-order valence-electron chi connectivity index (χ4n) is 8.96. The number of esters is 1. The van der Waals surface area contributed by atoms with Crippen LogP contribution in [0.5, 0.6) is 0 Å². The number of nitrogens with one attached hydrogen (secondary N) is 1. The molecule has 0 spiro atoms. The fraction of sp³-hybridized carbons (Fsp3) is 0.533. The summed E-state index contributed by atoms with van der Waals surface area (Å²) >= 11 is 0. The molecule has 0 aliphatic rings. The minimum absolute atomic E-state index is 0.0501. The van der Waals surface area contributed by atoms with Crippen LogP contribution < -0.4 is 5.32 Å². The van der Waals surface area contributed by atoms with Crippen LogP contribution in [0.3, 0.4) is 0 Å². The molecule has 4 aromatic carbocycles. The Kier molecular flexibility index (Phi) is 27.7. The second-order valence-electron chi connectivity index (χ2n) is 18.2. The summed E-state index contributed by atoms with van der Waals surface area (Å²) in [4.78, 5) is 27.9. The van der Waals surface area contributed by atoms with Crippen LogP contribution in [0, 0.1) is 0 Å². The molecule has 0 saturated heterocycles. The molecule has 0 aromatic heterocycles. The largest absolute Gasteiger partial charge is 0.452 e. The minimum Gasteiger partial charge on any atom is -0.452 e. The lowest BCUT2D eigenvalue weighted by atomic mass is 9.80. The average Bonchev–Trinajstić information content (AvgIpc) is 3.35. The highest BCUT2D eigenvalue weighted by Gasteiger charge is 2.39. The van der Waals surface area contributed by atoms with Crippen molar-refractivity contribution in [3.63, 3.8) is 0 Å². The van der Waals surface area contributed by atoms with Gasteiger partial charge in [0.2, 0.25) is 5.91 Å². The normalized spacial score (nSPS) is 12.6. The van der Waals surface area contributed by atoms with Gasteiger partial charge < -0.3 is 14.8 Å². The van der Waals surface area contributed by atoms with Gasteiger partial charge in [-0.25, -0.2) is 4.79 Å². The van der Waals surface area contributed by atoms with E-state index in [1.165, 1.54) is 128 Å². The topological polar surface area (TPSA) is 64.6 Å². The molecule has 65 heavy (non-hydrogen) atoms. The van der Waals surface area contributed by atoms with Gasteiger partial charge in [0.1, 0.15) is 11.7 Å². The lowest BCUT2D eigenvalue weighted by Gasteiger charge is -2.38. The second-order valence-corrected chi connectivity index (χ2v) is 18.2. The van der Waals surface area contributed by atoms with Crippen molar-refractivity contribution in [3.05, 3.63) is 156 Å². The van der Waals surface area contributed by atoms with E-state index in [-0.39, 0.29) is 12.5 Å². The summed E-state index contributed by atoms with van der Waals surface area (Å²) in [6.45, 7) is 4.64. The molecule has 2 atom stereocenters. The number of hydrogen-bond donors (Lipinski definition) is 1. The number of carbonyl (C=O) groups excluding carboxylic acids is 2. The van der Waals surface area contributed by atoms with Crippen LogP contribution in [0.4, 0.5) is 0 Å². The van der Waals surface area contributed by atoms with Crippen LogP contribution >= 0.6 is 0 Å². The van der Waals surface area contributed by atoms with E-state index in [0.29, 0.717) is 12.0 Å². The van der Waals surface area contributed by atoms with Gasteiger partial charge in [-0.05, 0) is 54.2 Å². The Labute approximate surface area is 395 Å². The van der Waals surface area contributed by atoms with E-state index in [4.69, 9.17) is 9.47 Å². The number of carbonyl (C=O) groups is 2. The molecule has 0 radical (unpaired) electrons. The van der Waals surface area contributed by atoms with Crippen molar-refractivity contribution in [1.82, 2.24) is 5.32 Å². The monoisotopic (exact) mass is 884 g/mol. The molecule has 354 valence electrons. The van der Waals surface area contributed by atoms with Gasteiger partial charge >= 0.3 is 5.97 Å². The highest BCUT2D eigenvalue weighted by Crippen LogP contribution is 2.40. The Balaban J connectivity index is 1.49. The predicted molar refractivity (Wildman–Crippen MR) is 273 cm³/mol. The van der Waals surface area contributed by atoms with Gasteiger partial charge in [0, 0.05) is 6.42 Å². The third-order valence-electron chi connectivity index (χ3n) is 12.8. The van der Waals surface area contributed by atoms with Gasteiger partial charge in [-0.1, -0.05) is 270 Å². The van der Waals surface area contributed by atoms with Gasteiger partial charge in [0.05, 0.1) is 18.2 Å². The second kappa shape index (κ2) is 33.9. The van der Waals surface area contributed by atoms with E-state index in [1.807, 2.05) is 78.9 Å². The molecule has 0 aliphatic heterocycles. The third kappa shape index (κ3) is 20.7. The number of amides is 1. The molecular weight excluding hydrogens is 799 g/mol. The number of unbranched alkanes of at least 4 members (excludes halogenated alkanes) is 23. The molecule has 5 heteroatoms. The van der Waals surface area contributed by atoms with Crippen LogP contribution in [0.15, 0.2) is 133 Å². The number of rotatable bonds is 37. The van der Waals surface area contributed by atoms with Crippen molar-refractivity contribution < 1.29 is 19.1 Å². The molecule has 4 aromatic rings. The Bertz CT molecular complexity index is 1700. The van der Waals surface area contributed by atoms with Crippen LogP contribution in [0.2, 0.25) is 0 Å². The molecule has 0 bridgehead atoms. The molecule has 4 rings (SSSR count). The summed E-state index contributed by atoms with van der Waals surface area (Å²) in [6, 6.07) is 39.4. The van der Waals surface area contributed by atoms with Crippen LogP contribution in [-0.2, 0) is 19.9 Å². The summed E-state index contributed by atoms with van der Waals surface area (Å²) in [5.41, 5.74) is 2.38. The SMILES string of the molecule is CCCCCCCCCCCCC/C=C/[C@@H](OC(=O)c1ccccc1)[C@H](COC(c1ccccc1)(c1ccccc1)c1ccccc1)NC(=O)CCCCCCCCCCCCCCC. The summed E-state index contributed by atoms with van der Waals surface area (Å²) in [6.07, 6.45) is 35.1. The Morgan fingerprint density at radius 3 is 1.28 bits per heavy atom. The standard InChI is InChI=1S/C60H85NO4/c1-3-5-7-9-11-13-15-17-19-21-23-25-39-49-57(65-59(63)52-41-31-27-32-42-52)56(61-58(62)50-40-26-24-22-20-18-16-14-12-10-8-6-4-2)51-64-60(53-43-33-28-34-44-53,54-45-35-29-36-46-54)55-47-37-30-38-48-55/h27-39,41-49,56-57H,3-26,40,50-51H2,1-2H3,(H,61,62)/b49-39+/t56-,57+/m0/s1. The summed E-state index contributed by atoms with van der Waals surface area (Å²) in [7, 11) is 0. The van der Waals surface area contributed by atoms with Gasteiger partial charge in [0.15, 0.2) is 0 Å². The molecule has 0 fully saturated rings. The van der Waals surface area contributed by atoms with Crippen molar-refractivity contribution in [2.24, 2.45) is 0 Å². The minimum atomic E-state index is -1.00. The zero-order chi connectivity index (χ0) is 45.9. The van der Waals surface area contributed by atoms with E-state index in [0.717, 1.165) is 48.8 Å². The number of allylic oxidation sites excluding steroid dienone is 1. The van der Waals surface area contributed by atoms with E-state index in [2.05, 4.69) is 61.6 Å². The molecular formula is C60H85NO4. The number of ether oxygens (including phenoxy) is 2. The zero-order valence-corrected chi connectivity index (χ0v) is 40.6. The molecule has 0 saturated carbocycles. The van der Waals surface area contributed by atoms with Crippen LogP contribution in [0.1, 0.15) is 208 Å². The summed E-state index contributed by atoms with van der Waals surface area (Å²) in [5, 5.41) is 3.35. The smallest absolute Gasteiger partial charge is 0.338 e. The first kappa shape index (κ1) is 53.1. The first-order valence-electron chi connectivity index (χ1n) is 26.1. The van der Waals surface area contributed by atoms with Crippen molar-refractivity contribution >= 4 is 11.9 Å². The van der Waals surface area contributed by atoms with E-state index in [9.17, 15) is 9.59 Å². The first-order valence-corrected chi connectivity index (χ1v) is 26.1. The third-order valence-corrected chi connectivity index (χ3v) is 12.8. The van der Waals surface area contributed by atoms with Gasteiger partial charge in [-0.2, -0.15) is 0 Å². The van der Waals surface area contributed by atoms with Crippen molar-refractivity contribution in [1.29, 1.82) is 0 Å². The van der Waals surface area contributed by atoms with Crippen molar-refractivity contribution in [3.8, 4) is 0 Å². The lowest BCUT2D eigenvalue weighted by molar-refractivity contribution is -0.124. The van der Waals surface area contributed by atoms with Gasteiger partial charge in [-0.3, -0.25) is 4.79 Å². The molecule has 5 nitrogen and oxygen atoms in total. The molecule has 0 heterocycles. The first-order chi connectivity index (χ1) is 32.1. The Morgan fingerprint density at radius 2 is 0.862 bits per heavy atom. The molecule has 0 unspecified atom stereocenters. The maximum absolute atomic E-state index is 14.0. The quantitative estimate of drug-likeness (QED) is 0.0212.